The number of hydrogen-bond acceptors (Lipinski definition) is 5. The van der Waals surface area contributed by atoms with Crippen LogP contribution in [0.4, 0.5) is 5.69 Å². The minimum Gasteiger partial charge on any atom is -0.452 e. The van der Waals surface area contributed by atoms with E-state index < -0.39 is 33.9 Å². The third-order valence-electron chi connectivity index (χ3n) is 5.48. The summed E-state index contributed by atoms with van der Waals surface area (Å²) in [5.74, 6) is -1.24. The Hall–Kier alpha value is -2.71. The molecule has 1 N–H and O–H groups in total. The fourth-order valence-corrected chi connectivity index (χ4v) is 4.70. The van der Waals surface area contributed by atoms with Gasteiger partial charge in [-0.25, -0.2) is 12.7 Å². The van der Waals surface area contributed by atoms with Crippen molar-refractivity contribution in [1.82, 2.24) is 4.31 Å². The molecule has 1 unspecified atom stereocenters. The Morgan fingerprint density at radius 2 is 1.68 bits per heavy atom. The van der Waals surface area contributed by atoms with Gasteiger partial charge in [0.15, 0.2) is 6.10 Å². The number of carbonyl (C=O) groups excluding carboxylic acids is 2. The summed E-state index contributed by atoms with van der Waals surface area (Å²) in [5.41, 5.74) is 2.48. The molecule has 2 aromatic carbocycles. The molecule has 3 rings (SSSR count). The molecular formula is C23H28N2O5S. The molecule has 8 heteroatoms. The molecule has 0 spiro atoms. The summed E-state index contributed by atoms with van der Waals surface area (Å²) < 4.78 is 30.7. The van der Waals surface area contributed by atoms with Crippen LogP contribution in [0.25, 0.3) is 11.1 Å². The zero-order valence-corrected chi connectivity index (χ0v) is 18.6. The van der Waals surface area contributed by atoms with Crippen LogP contribution in [0.15, 0.2) is 54.6 Å². The highest BCUT2D eigenvalue weighted by atomic mass is 32.2. The van der Waals surface area contributed by atoms with Crippen molar-refractivity contribution in [2.75, 3.05) is 24.2 Å². The number of nitrogens with one attached hydrogen (secondary N) is 1. The van der Waals surface area contributed by atoms with Gasteiger partial charge in [-0.1, -0.05) is 48.5 Å². The molecule has 1 amide bonds. The number of benzene rings is 2. The van der Waals surface area contributed by atoms with E-state index in [9.17, 15) is 18.0 Å². The minimum atomic E-state index is -3.25. The third-order valence-corrected chi connectivity index (χ3v) is 7.36. The molecule has 31 heavy (non-hydrogen) atoms. The normalized spacial score (nSPS) is 16.5. The van der Waals surface area contributed by atoms with Gasteiger partial charge in [0.1, 0.15) is 0 Å². The first-order chi connectivity index (χ1) is 14.8. The van der Waals surface area contributed by atoms with Crippen molar-refractivity contribution < 1.29 is 22.7 Å². The Labute approximate surface area is 183 Å². The summed E-state index contributed by atoms with van der Waals surface area (Å²) in [6.07, 6.45) is -0.180. The first-order valence-electron chi connectivity index (χ1n) is 10.5. The van der Waals surface area contributed by atoms with E-state index in [-0.39, 0.29) is 5.75 Å². The zero-order chi connectivity index (χ0) is 22.4. The highest BCUT2D eigenvalue weighted by Gasteiger charge is 2.32. The van der Waals surface area contributed by atoms with Crippen molar-refractivity contribution in [3.8, 4) is 11.1 Å². The van der Waals surface area contributed by atoms with Gasteiger partial charge in [0, 0.05) is 24.3 Å². The smallest absolute Gasteiger partial charge is 0.309 e. The van der Waals surface area contributed by atoms with Crippen molar-refractivity contribution >= 4 is 27.6 Å². The maximum atomic E-state index is 12.7. The average molecular weight is 445 g/mol. The molecule has 1 heterocycles. The van der Waals surface area contributed by atoms with Crippen LogP contribution in [0.2, 0.25) is 0 Å². The molecule has 1 fully saturated rings. The first-order valence-corrected chi connectivity index (χ1v) is 12.1. The van der Waals surface area contributed by atoms with E-state index in [1.54, 1.807) is 13.0 Å². The highest BCUT2D eigenvalue weighted by molar-refractivity contribution is 7.89. The lowest BCUT2D eigenvalue weighted by Gasteiger charge is -2.30. The summed E-state index contributed by atoms with van der Waals surface area (Å²) in [4.78, 5) is 25.2. The second-order valence-electron chi connectivity index (χ2n) is 7.55. The Morgan fingerprint density at radius 3 is 2.32 bits per heavy atom. The molecule has 0 aromatic heterocycles. The number of anilines is 1. The van der Waals surface area contributed by atoms with Gasteiger partial charge < -0.3 is 10.1 Å². The van der Waals surface area contributed by atoms with Crippen molar-refractivity contribution in [2.24, 2.45) is 5.92 Å². The molecule has 0 bridgehead atoms. The lowest BCUT2D eigenvalue weighted by Crippen LogP contribution is -2.42. The second-order valence-corrected chi connectivity index (χ2v) is 9.81. The molecule has 1 aliphatic heterocycles. The number of sulfonamides is 1. The van der Waals surface area contributed by atoms with Gasteiger partial charge in [-0.2, -0.15) is 0 Å². The van der Waals surface area contributed by atoms with Crippen LogP contribution in [-0.2, 0) is 24.3 Å². The van der Waals surface area contributed by atoms with Gasteiger partial charge in [0.05, 0.1) is 11.7 Å². The van der Waals surface area contributed by atoms with Crippen molar-refractivity contribution in [3.05, 3.63) is 54.6 Å². The van der Waals surface area contributed by atoms with E-state index in [1.807, 2.05) is 48.5 Å². The molecule has 1 saturated heterocycles. The molecule has 0 radical (unpaired) electrons. The Balaban J connectivity index is 1.58. The van der Waals surface area contributed by atoms with Gasteiger partial charge in [-0.05, 0) is 38.3 Å². The van der Waals surface area contributed by atoms with Crippen molar-refractivity contribution in [2.45, 2.75) is 32.8 Å². The average Bonchev–Trinajstić information content (AvgIpc) is 2.80. The number of carbonyl (C=O) groups is 2. The van der Waals surface area contributed by atoms with E-state index in [4.69, 9.17) is 4.74 Å². The Bertz CT molecular complexity index is 1020. The van der Waals surface area contributed by atoms with Gasteiger partial charge in [0.25, 0.3) is 5.91 Å². The molecule has 2 aromatic rings. The lowest BCUT2D eigenvalue weighted by atomic mass is 9.98. The number of para-hydroxylation sites is 1. The number of rotatable bonds is 7. The summed E-state index contributed by atoms with van der Waals surface area (Å²) in [5, 5.41) is 2.85. The SMILES string of the molecule is CCS(=O)(=O)N1CCC(C(=O)OC(C)C(=O)Nc2ccccc2-c2ccccc2)CC1. The van der Waals surface area contributed by atoms with E-state index >= 15 is 0 Å². The Morgan fingerprint density at radius 1 is 1.06 bits per heavy atom. The van der Waals surface area contributed by atoms with Gasteiger partial charge in [0.2, 0.25) is 10.0 Å². The summed E-state index contributed by atoms with van der Waals surface area (Å²) in [6.45, 7) is 3.73. The lowest BCUT2D eigenvalue weighted by molar-refractivity contribution is -0.158. The van der Waals surface area contributed by atoms with E-state index in [1.165, 1.54) is 11.2 Å². The number of hydrogen-bond donors (Lipinski definition) is 1. The van der Waals surface area contributed by atoms with E-state index in [0.717, 1.165) is 11.1 Å². The topological polar surface area (TPSA) is 92.8 Å². The largest absolute Gasteiger partial charge is 0.452 e. The number of esters is 1. The number of amides is 1. The number of ether oxygens (including phenoxy) is 1. The fraction of sp³-hybridized carbons (Fsp3) is 0.391. The van der Waals surface area contributed by atoms with Crippen molar-refractivity contribution in [1.29, 1.82) is 0 Å². The van der Waals surface area contributed by atoms with Crippen LogP contribution in [0.1, 0.15) is 26.7 Å². The van der Waals surface area contributed by atoms with Gasteiger partial charge in [-0.3, -0.25) is 9.59 Å². The molecule has 1 aliphatic rings. The quantitative estimate of drug-likeness (QED) is 0.662. The first kappa shape index (κ1) is 23.0. The van der Waals surface area contributed by atoms with Crippen LogP contribution in [0.5, 0.6) is 0 Å². The van der Waals surface area contributed by atoms with Crippen LogP contribution >= 0.6 is 0 Å². The minimum absolute atomic E-state index is 0.0454. The molecular weight excluding hydrogens is 416 g/mol. The predicted molar refractivity (Wildman–Crippen MR) is 120 cm³/mol. The van der Waals surface area contributed by atoms with E-state index in [0.29, 0.717) is 31.6 Å². The maximum Gasteiger partial charge on any atom is 0.309 e. The zero-order valence-electron chi connectivity index (χ0n) is 17.8. The summed E-state index contributed by atoms with van der Waals surface area (Å²) >= 11 is 0. The number of piperidine rings is 1. The second kappa shape index (κ2) is 10.1. The predicted octanol–water partition coefficient (Wildman–Crippen LogP) is 3.29. The third kappa shape index (κ3) is 5.71. The number of nitrogens with zero attached hydrogens (tertiary/aromatic N) is 1. The van der Waals surface area contributed by atoms with Gasteiger partial charge in [-0.15, -0.1) is 0 Å². The monoisotopic (exact) mass is 444 g/mol. The van der Waals surface area contributed by atoms with Crippen LogP contribution in [0.3, 0.4) is 0 Å². The van der Waals surface area contributed by atoms with Crippen LogP contribution in [-0.4, -0.2) is 49.5 Å². The maximum absolute atomic E-state index is 12.7. The fourth-order valence-electron chi connectivity index (χ4n) is 3.57. The van der Waals surface area contributed by atoms with Crippen LogP contribution < -0.4 is 5.32 Å². The molecule has 0 aliphatic carbocycles. The van der Waals surface area contributed by atoms with Gasteiger partial charge >= 0.3 is 5.97 Å². The summed E-state index contributed by atoms with van der Waals surface area (Å²) in [6, 6.07) is 17.1. The highest BCUT2D eigenvalue weighted by Crippen LogP contribution is 2.28. The molecule has 1 atom stereocenters. The Kier molecular flexibility index (Phi) is 7.46. The molecule has 0 saturated carbocycles. The molecule has 7 nitrogen and oxygen atoms in total. The standard InChI is InChI=1S/C23H28N2O5S/c1-3-31(28,29)25-15-13-19(14-16-25)23(27)30-17(2)22(26)24-21-12-8-7-11-20(21)18-9-5-4-6-10-18/h4-12,17,19H,3,13-16H2,1-2H3,(H,24,26). The summed E-state index contributed by atoms with van der Waals surface area (Å²) in [7, 11) is -3.25. The van der Waals surface area contributed by atoms with Crippen molar-refractivity contribution in [3.63, 3.8) is 0 Å². The van der Waals surface area contributed by atoms with Crippen LogP contribution in [0, 0.1) is 5.92 Å². The molecule has 166 valence electrons. The van der Waals surface area contributed by atoms with E-state index in [2.05, 4.69) is 5.32 Å².